The van der Waals surface area contributed by atoms with E-state index in [9.17, 15) is 39.9 Å². The smallest absolute Gasteiger partial charge is 0.271 e. The van der Waals surface area contributed by atoms with E-state index in [1.54, 1.807) is 6.92 Å². The number of ether oxygens (including phenoxy) is 3. The molecule has 8 N–H and O–H groups in total. The second-order valence-electron chi connectivity index (χ2n) is 12.3. The van der Waals surface area contributed by atoms with E-state index in [1.807, 2.05) is 0 Å². The Balaban J connectivity index is 0.00000468. The Morgan fingerprint density at radius 1 is 1.04 bits per heavy atom. The molecule has 1 saturated heterocycles. The Kier molecular flexibility index (Phi) is 9.76. The summed E-state index contributed by atoms with van der Waals surface area (Å²) in [6.07, 6.45) is -4.68. The fourth-order valence-electron chi connectivity index (χ4n) is 6.58. The number of hydrazone groups is 1. The number of carbonyl (C=O) groups is 3. The second kappa shape index (κ2) is 13.4. The first-order valence-electron chi connectivity index (χ1n) is 15.2. The average Bonchev–Trinajstić information content (AvgIpc) is 3.06. The van der Waals surface area contributed by atoms with Crippen LogP contribution in [0, 0.1) is 0 Å². The third kappa shape index (κ3) is 6.11. The van der Waals surface area contributed by atoms with Gasteiger partial charge >= 0.3 is 0 Å². The molecule has 0 aromatic heterocycles. The summed E-state index contributed by atoms with van der Waals surface area (Å²) in [5, 5.41) is 59.5. The number of hydrogen-bond donors (Lipinski definition) is 7. The lowest BCUT2D eigenvalue weighted by Crippen LogP contribution is -2.52. The minimum atomic E-state index is -1.93. The summed E-state index contributed by atoms with van der Waals surface area (Å²) in [4.78, 5) is 40.4. The third-order valence-corrected chi connectivity index (χ3v) is 9.27. The van der Waals surface area contributed by atoms with Crippen molar-refractivity contribution in [2.24, 2.45) is 10.8 Å². The minimum absolute atomic E-state index is 0. The van der Waals surface area contributed by atoms with E-state index in [0.29, 0.717) is 0 Å². The summed E-state index contributed by atoms with van der Waals surface area (Å²) in [5.74, 6) is -3.32. The van der Waals surface area contributed by atoms with Crippen molar-refractivity contribution >= 4 is 35.6 Å². The van der Waals surface area contributed by atoms with Crippen LogP contribution in [0.1, 0.15) is 86.1 Å². The maximum absolute atomic E-state index is 13.9. The molecular formula is C34H36ClN3O11. The minimum Gasteiger partial charge on any atom is -0.508 e. The Bertz CT molecular complexity index is 1850. The number of benzene rings is 3. The van der Waals surface area contributed by atoms with Gasteiger partial charge in [0.2, 0.25) is 5.78 Å². The molecule has 1 amide bonds. The molecule has 14 nitrogen and oxygen atoms in total. The van der Waals surface area contributed by atoms with Crippen LogP contribution < -0.4 is 15.9 Å². The van der Waals surface area contributed by atoms with E-state index in [-0.39, 0.29) is 70.3 Å². The maximum atomic E-state index is 13.9. The van der Waals surface area contributed by atoms with E-state index >= 15 is 0 Å². The highest BCUT2D eigenvalue weighted by Gasteiger charge is 2.49. The summed E-state index contributed by atoms with van der Waals surface area (Å²) in [7, 11) is 1.33. The zero-order valence-electron chi connectivity index (χ0n) is 26.7. The molecule has 1 heterocycles. The number of aliphatic hydroxyl groups is 2. The molecule has 3 aromatic rings. The molecule has 1 aliphatic heterocycles. The predicted molar refractivity (Wildman–Crippen MR) is 176 cm³/mol. The van der Waals surface area contributed by atoms with Crippen molar-refractivity contribution in [2.75, 3.05) is 7.11 Å². The van der Waals surface area contributed by atoms with Crippen LogP contribution >= 0.6 is 12.4 Å². The topological polar surface area (TPSA) is 230 Å². The van der Waals surface area contributed by atoms with Gasteiger partial charge in [-0.3, -0.25) is 14.4 Å². The highest BCUT2D eigenvalue weighted by Crippen LogP contribution is 2.52. The molecule has 3 aliphatic rings. The van der Waals surface area contributed by atoms with Crippen LogP contribution in [0.25, 0.3) is 0 Å². The lowest BCUT2D eigenvalue weighted by molar-refractivity contribution is -0.245. The number of rotatable bonds is 6. The molecule has 0 saturated carbocycles. The molecule has 0 spiro atoms. The van der Waals surface area contributed by atoms with Gasteiger partial charge in [-0.1, -0.05) is 12.1 Å². The number of aromatic hydroxyl groups is 3. The molecule has 49 heavy (non-hydrogen) atoms. The van der Waals surface area contributed by atoms with Crippen LogP contribution in [0.4, 0.5) is 0 Å². The van der Waals surface area contributed by atoms with Gasteiger partial charge in [-0.2, -0.15) is 5.10 Å². The first-order valence-corrected chi connectivity index (χ1v) is 15.2. The van der Waals surface area contributed by atoms with Crippen LogP contribution in [0.2, 0.25) is 0 Å². The van der Waals surface area contributed by atoms with Gasteiger partial charge < -0.3 is 45.5 Å². The number of phenols is 3. The highest BCUT2D eigenvalue weighted by molar-refractivity contribution is 6.31. The quantitative estimate of drug-likeness (QED) is 0.0875. The standard InChI is InChI=1S/C34H35N3O11.ClH/c1-14-28(39)20(35)11-23(47-14)48-22-13-34(45,15(2)36-37-33(44)16-7-9-17(38)10-8-16)12-19-25(22)32(43)27-26(30(19)41)29(40)18-5-4-6-21(46-3)24(18)31(27)42;/h4-10,14,20,22-23,28,38-39,41,43,45H,11-13,35H2,1-3H3,(H,37,44);1H/b36-15+;/t14?,20?,22-,23?,28?,34-;/m0./s1. The number of phenolic OH excluding ortho intramolecular Hbond substituents is 3. The van der Waals surface area contributed by atoms with Crippen molar-refractivity contribution in [3.05, 3.63) is 81.4 Å². The lowest BCUT2D eigenvalue weighted by Gasteiger charge is -2.42. The van der Waals surface area contributed by atoms with Gasteiger partial charge in [0.05, 0.1) is 47.8 Å². The SMILES string of the molecule is COc1cccc2c1C(=O)c1c(O)c3c(c(O)c1C2=O)C[C@@](O)(/C(C)=N/NC(=O)c1ccc(O)cc1)C[C@@H]3OC1CC(N)C(O)C(C)O1.Cl. The Hall–Kier alpha value is -4.57. The van der Waals surface area contributed by atoms with Crippen LogP contribution in [0.15, 0.2) is 47.6 Å². The van der Waals surface area contributed by atoms with Gasteiger partial charge in [0.15, 0.2) is 12.1 Å². The Morgan fingerprint density at radius 3 is 2.37 bits per heavy atom. The molecule has 0 radical (unpaired) electrons. The van der Waals surface area contributed by atoms with Gasteiger partial charge in [0, 0.05) is 47.6 Å². The molecule has 15 heteroatoms. The van der Waals surface area contributed by atoms with Crippen molar-refractivity contribution < 1.29 is 54.1 Å². The number of methoxy groups -OCH3 is 1. The summed E-state index contributed by atoms with van der Waals surface area (Å²) < 4.78 is 17.4. The van der Waals surface area contributed by atoms with Crippen molar-refractivity contribution in [2.45, 2.75) is 69.4 Å². The van der Waals surface area contributed by atoms with Crippen molar-refractivity contribution in [3.63, 3.8) is 0 Å². The fourth-order valence-corrected chi connectivity index (χ4v) is 6.58. The number of carbonyl (C=O) groups excluding carboxylic acids is 3. The molecule has 4 unspecified atom stereocenters. The maximum Gasteiger partial charge on any atom is 0.271 e. The van der Waals surface area contributed by atoms with Crippen molar-refractivity contribution in [1.29, 1.82) is 0 Å². The summed E-state index contributed by atoms with van der Waals surface area (Å²) in [6.45, 7) is 3.05. The third-order valence-electron chi connectivity index (χ3n) is 9.27. The van der Waals surface area contributed by atoms with E-state index < -0.39 is 82.8 Å². The van der Waals surface area contributed by atoms with Gasteiger partial charge in [0.25, 0.3) is 5.91 Å². The first-order chi connectivity index (χ1) is 22.7. The molecule has 0 bridgehead atoms. The van der Waals surface area contributed by atoms with Crippen molar-refractivity contribution in [3.8, 4) is 23.0 Å². The van der Waals surface area contributed by atoms with Crippen LogP contribution in [0.3, 0.4) is 0 Å². The number of amides is 1. The zero-order chi connectivity index (χ0) is 34.7. The van der Waals surface area contributed by atoms with E-state index in [0.717, 1.165) is 0 Å². The van der Waals surface area contributed by atoms with Gasteiger partial charge in [-0.25, -0.2) is 5.43 Å². The Labute approximate surface area is 286 Å². The number of fused-ring (bicyclic) bond motifs is 3. The van der Waals surface area contributed by atoms with E-state index in [1.165, 1.54) is 56.5 Å². The number of nitrogens with two attached hydrogens (primary N) is 1. The van der Waals surface area contributed by atoms with Crippen LogP contribution in [-0.2, 0) is 15.9 Å². The summed E-state index contributed by atoms with van der Waals surface area (Å²) >= 11 is 0. The summed E-state index contributed by atoms with van der Waals surface area (Å²) in [5.41, 5.74) is 5.61. The van der Waals surface area contributed by atoms with Crippen LogP contribution in [0.5, 0.6) is 23.0 Å². The molecule has 6 atom stereocenters. The predicted octanol–water partition coefficient (Wildman–Crippen LogP) is 2.37. The number of halogens is 1. The normalized spacial score (nSPS) is 26.2. The Morgan fingerprint density at radius 2 is 1.71 bits per heavy atom. The van der Waals surface area contributed by atoms with Crippen molar-refractivity contribution in [1.82, 2.24) is 5.43 Å². The number of nitrogens with zero attached hydrogens (tertiary/aromatic N) is 1. The monoisotopic (exact) mass is 697 g/mol. The van der Waals surface area contributed by atoms with E-state index in [4.69, 9.17) is 19.9 Å². The zero-order valence-corrected chi connectivity index (χ0v) is 27.5. The molecule has 1 fully saturated rings. The largest absolute Gasteiger partial charge is 0.508 e. The number of aliphatic hydroxyl groups excluding tert-OH is 1. The number of hydrogen-bond acceptors (Lipinski definition) is 13. The lowest BCUT2D eigenvalue weighted by atomic mass is 9.71. The molecule has 2 aliphatic carbocycles. The fraction of sp³-hybridized carbons (Fsp3) is 0.353. The molecular weight excluding hydrogens is 662 g/mol. The van der Waals surface area contributed by atoms with Gasteiger partial charge in [0.1, 0.15) is 28.6 Å². The van der Waals surface area contributed by atoms with E-state index in [2.05, 4.69) is 10.5 Å². The molecule has 260 valence electrons. The number of nitrogens with one attached hydrogen (secondary N) is 1. The average molecular weight is 698 g/mol. The van der Waals surface area contributed by atoms with Gasteiger partial charge in [-0.15, -0.1) is 12.4 Å². The van der Waals surface area contributed by atoms with Crippen LogP contribution in [-0.4, -0.2) is 86.0 Å². The highest BCUT2D eigenvalue weighted by atomic mass is 35.5. The summed E-state index contributed by atoms with van der Waals surface area (Å²) in [6, 6.07) is 9.12. The molecule has 3 aromatic carbocycles. The first kappa shape index (κ1) is 35.7. The number of ketones is 2. The molecule has 6 rings (SSSR count). The second-order valence-corrected chi connectivity index (χ2v) is 12.3. The van der Waals surface area contributed by atoms with Gasteiger partial charge in [-0.05, 0) is 44.2 Å².